The highest BCUT2D eigenvalue weighted by Gasteiger charge is 2.39. The van der Waals surface area contributed by atoms with Crippen molar-refractivity contribution < 1.29 is 0 Å². The predicted molar refractivity (Wildman–Crippen MR) is 261 cm³/mol. The van der Waals surface area contributed by atoms with Crippen LogP contribution in [0.3, 0.4) is 0 Å². The number of rotatable bonds is 6. The van der Waals surface area contributed by atoms with E-state index in [-0.39, 0.29) is 10.8 Å². The highest BCUT2D eigenvalue weighted by molar-refractivity contribution is 6.17. The van der Waals surface area contributed by atoms with E-state index in [2.05, 4.69) is 243 Å². The van der Waals surface area contributed by atoms with E-state index in [4.69, 9.17) is 0 Å². The van der Waals surface area contributed by atoms with Crippen molar-refractivity contribution in [2.45, 2.75) is 38.5 Å². The van der Waals surface area contributed by atoms with E-state index in [1.807, 2.05) is 0 Å². The Bertz CT molecular complexity index is 3420. The Balaban J connectivity index is 1.19. The summed E-state index contributed by atoms with van der Waals surface area (Å²) in [5.41, 5.74) is 22.3. The fraction of sp³-hybridized carbons (Fsp3) is 0.100. The molecule has 12 rings (SSSR count). The molecule has 2 aliphatic carbocycles. The highest BCUT2D eigenvalue weighted by atomic mass is 15.2. The third kappa shape index (κ3) is 5.10. The highest BCUT2D eigenvalue weighted by Crippen LogP contribution is 2.57. The van der Waals surface area contributed by atoms with Gasteiger partial charge in [-0.3, -0.25) is 0 Å². The van der Waals surface area contributed by atoms with Crippen LogP contribution in [-0.4, -0.2) is 4.57 Å². The van der Waals surface area contributed by atoms with Crippen LogP contribution in [0.4, 0.5) is 17.1 Å². The third-order valence-electron chi connectivity index (χ3n) is 14.0. The molecule has 62 heavy (non-hydrogen) atoms. The first kappa shape index (κ1) is 36.4. The third-order valence-corrected chi connectivity index (χ3v) is 14.0. The lowest BCUT2D eigenvalue weighted by molar-refractivity contribution is 0.660. The second kappa shape index (κ2) is 13.5. The molecule has 1 aromatic heterocycles. The van der Waals surface area contributed by atoms with E-state index in [9.17, 15) is 0 Å². The van der Waals surface area contributed by atoms with Gasteiger partial charge in [-0.05, 0) is 98.1 Å². The van der Waals surface area contributed by atoms with Crippen LogP contribution in [0.25, 0.3) is 72.0 Å². The number of nitrogens with zero attached hydrogens (tertiary/aromatic N) is 2. The molecule has 0 saturated carbocycles. The number of hydrogen-bond acceptors (Lipinski definition) is 1. The van der Waals surface area contributed by atoms with Gasteiger partial charge in [0.1, 0.15) is 0 Å². The summed E-state index contributed by atoms with van der Waals surface area (Å²) < 4.78 is 2.43. The first-order chi connectivity index (χ1) is 30.3. The second-order valence-corrected chi connectivity index (χ2v) is 18.0. The van der Waals surface area contributed by atoms with Crippen molar-refractivity contribution in [3.05, 3.63) is 229 Å². The maximum absolute atomic E-state index is 2.58. The predicted octanol–water partition coefficient (Wildman–Crippen LogP) is 16.2. The second-order valence-electron chi connectivity index (χ2n) is 18.0. The molecule has 0 bridgehead atoms. The Morgan fingerprint density at radius 1 is 0.339 bits per heavy atom. The molecule has 0 amide bonds. The van der Waals surface area contributed by atoms with Gasteiger partial charge in [-0.15, -0.1) is 0 Å². The molecular formula is C60H46N2. The van der Waals surface area contributed by atoms with Crippen molar-refractivity contribution in [3.8, 4) is 50.2 Å². The molecule has 2 aliphatic rings. The lowest BCUT2D eigenvalue weighted by Gasteiger charge is -2.32. The van der Waals surface area contributed by atoms with Crippen LogP contribution >= 0.6 is 0 Å². The summed E-state index contributed by atoms with van der Waals surface area (Å²) in [5.74, 6) is 0. The first-order valence-corrected chi connectivity index (χ1v) is 21.9. The van der Waals surface area contributed by atoms with Crippen LogP contribution in [0.2, 0.25) is 0 Å². The van der Waals surface area contributed by atoms with Crippen LogP contribution in [0.1, 0.15) is 49.9 Å². The van der Waals surface area contributed by atoms with Gasteiger partial charge >= 0.3 is 0 Å². The Morgan fingerprint density at radius 3 is 1.55 bits per heavy atom. The van der Waals surface area contributed by atoms with Gasteiger partial charge in [-0.25, -0.2) is 0 Å². The fourth-order valence-corrected chi connectivity index (χ4v) is 11.3. The number of anilines is 3. The van der Waals surface area contributed by atoms with Crippen LogP contribution in [0.5, 0.6) is 0 Å². The number of fused-ring (bicyclic) bond motifs is 9. The Morgan fingerprint density at radius 2 is 0.806 bits per heavy atom. The van der Waals surface area contributed by atoms with Gasteiger partial charge in [0.25, 0.3) is 0 Å². The van der Waals surface area contributed by atoms with E-state index >= 15 is 0 Å². The van der Waals surface area contributed by atoms with Crippen LogP contribution in [0.15, 0.2) is 206 Å². The zero-order valence-electron chi connectivity index (χ0n) is 35.5. The Labute approximate surface area is 364 Å². The van der Waals surface area contributed by atoms with Gasteiger partial charge in [-0.1, -0.05) is 191 Å². The van der Waals surface area contributed by atoms with Crippen LogP contribution in [-0.2, 0) is 10.8 Å². The molecule has 0 atom stereocenters. The molecule has 10 aromatic rings. The minimum atomic E-state index is -0.188. The standard InChI is InChI=1S/C60H46N2/c1-59(2)49-32-14-9-26-46(49)56-43(28-19-33-50(56)59)41-24-10-15-34-51(41)62(55-38-20-37-54-57(55)47-27-12-17-36-53(47)61(54)39-21-6-5-7-22-39)52-35-16-11-25-42(52)45-30-18-29-44-40-23-8-13-31-48(40)60(3,4)58(44)45/h5-38H,1-4H3. The van der Waals surface area contributed by atoms with Gasteiger partial charge in [0.2, 0.25) is 0 Å². The van der Waals surface area contributed by atoms with E-state index in [0.717, 1.165) is 22.7 Å². The first-order valence-electron chi connectivity index (χ1n) is 21.9. The molecule has 0 unspecified atom stereocenters. The van der Waals surface area contributed by atoms with Gasteiger partial charge < -0.3 is 9.47 Å². The summed E-state index contributed by atoms with van der Waals surface area (Å²) >= 11 is 0. The summed E-state index contributed by atoms with van der Waals surface area (Å²) in [4.78, 5) is 2.58. The minimum Gasteiger partial charge on any atom is -0.309 e. The molecule has 0 saturated heterocycles. The number of para-hydroxylation sites is 4. The lowest BCUT2D eigenvalue weighted by atomic mass is 9.78. The largest absolute Gasteiger partial charge is 0.309 e. The summed E-state index contributed by atoms with van der Waals surface area (Å²) in [5, 5.41) is 2.43. The smallest absolute Gasteiger partial charge is 0.0562 e. The van der Waals surface area contributed by atoms with Crippen molar-refractivity contribution in [1.29, 1.82) is 0 Å². The molecular weight excluding hydrogens is 749 g/mol. The average Bonchev–Trinajstić information content (AvgIpc) is 3.87. The van der Waals surface area contributed by atoms with Gasteiger partial charge in [0, 0.05) is 38.4 Å². The van der Waals surface area contributed by atoms with E-state index < -0.39 is 0 Å². The number of aromatic nitrogens is 1. The van der Waals surface area contributed by atoms with Crippen LogP contribution in [0, 0.1) is 0 Å². The van der Waals surface area contributed by atoms with Crippen molar-refractivity contribution in [1.82, 2.24) is 4.57 Å². The van der Waals surface area contributed by atoms with Crippen molar-refractivity contribution in [3.63, 3.8) is 0 Å². The van der Waals surface area contributed by atoms with Crippen LogP contribution < -0.4 is 4.90 Å². The van der Waals surface area contributed by atoms with E-state index in [1.54, 1.807) is 0 Å². The van der Waals surface area contributed by atoms with Gasteiger partial charge in [0.15, 0.2) is 0 Å². The molecule has 0 aliphatic heterocycles. The van der Waals surface area contributed by atoms with Crippen molar-refractivity contribution in [2.24, 2.45) is 0 Å². The summed E-state index contributed by atoms with van der Waals surface area (Å²) in [6.45, 7) is 9.53. The minimum absolute atomic E-state index is 0.119. The zero-order valence-corrected chi connectivity index (χ0v) is 35.5. The Hall–Kier alpha value is -7.42. The molecule has 2 heteroatoms. The molecule has 2 nitrogen and oxygen atoms in total. The molecule has 0 spiro atoms. The Kier molecular flexibility index (Phi) is 7.96. The molecule has 296 valence electrons. The van der Waals surface area contributed by atoms with Gasteiger partial charge in [0.05, 0.1) is 28.1 Å². The molecule has 0 radical (unpaired) electrons. The van der Waals surface area contributed by atoms with Crippen molar-refractivity contribution in [2.75, 3.05) is 4.90 Å². The topological polar surface area (TPSA) is 8.17 Å². The quantitative estimate of drug-likeness (QED) is 0.163. The molecule has 1 heterocycles. The molecule has 0 fully saturated rings. The van der Waals surface area contributed by atoms with Gasteiger partial charge in [-0.2, -0.15) is 0 Å². The van der Waals surface area contributed by atoms with Crippen molar-refractivity contribution >= 4 is 38.9 Å². The van der Waals surface area contributed by atoms with E-state index in [1.165, 1.54) is 88.6 Å². The summed E-state index contributed by atoms with van der Waals surface area (Å²) in [7, 11) is 0. The fourth-order valence-electron chi connectivity index (χ4n) is 11.3. The monoisotopic (exact) mass is 794 g/mol. The number of benzene rings is 9. The SMILES string of the molecule is CC1(C)c2ccccc2-c2c(-c3ccccc3N(c3ccccc3-c3cccc4c3C(C)(C)c3ccccc3-4)c3cccc4c3c3ccccc3n4-c3ccccc3)cccc21. The lowest BCUT2D eigenvalue weighted by Crippen LogP contribution is -2.17. The molecule has 9 aromatic carbocycles. The number of hydrogen-bond donors (Lipinski definition) is 0. The molecule has 0 N–H and O–H groups in total. The zero-order chi connectivity index (χ0) is 41.7. The normalized spacial score (nSPS) is 14.1. The average molecular weight is 795 g/mol. The summed E-state index contributed by atoms with van der Waals surface area (Å²) in [6.07, 6.45) is 0. The maximum Gasteiger partial charge on any atom is 0.0562 e. The summed E-state index contributed by atoms with van der Waals surface area (Å²) in [6, 6.07) is 76.6. The van der Waals surface area contributed by atoms with E-state index in [0.29, 0.717) is 0 Å². The maximum atomic E-state index is 2.58.